The van der Waals surface area contributed by atoms with Crippen LogP contribution in [0.1, 0.15) is 18.5 Å². The molecule has 1 aromatic carbocycles. The van der Waals surface area contributed by atoms with Crippen molar-refractivity contribution in [3.8, 4) is 17.2 Å². The lowest BCUT2D eigenvalue weighted by Crippen LogP contribution is -2.22. The predicted octanol–water partition coefficient (Wildman–Crippen LogP) is 0.184. The Morgan fingerprint density at radius 2 is 1.57 bits per heavy atom. The highest BCUT2D eigenvalue weighted by atomic mass is 16.3. The monoisotopic (exact) mass is 199 g/mol. The Balaban J connectivity index is 3.12. The number of rotatable bonds is 2. The minimum absolute atomic E-state index is 0.354. The molecule has 0 fully saturated rings. The maximum atomic E-state index is 9.17. The standard InChI is InChI=1S/C9H13NO4/c1-4(11)8(10)5-2-6(12)9(14)7(13)3-5/h2-4,8,11-14H,10H2,1H3/t4-,8-/m1/s1. The van der Waals surface area contributed by atoms with E-state index in [1.165, 1.54) is 19.1 Å². The van der Waals surface area contributed by atoms with Gasteiger partial charge in [0.2, 0.25) is 0 Å². The van der Waals surface area contributed by atoms with Crippen molar-refractivity contribution in [3.05, 3.63) is 17.7 Å². The average molecular weight is 199 g/mol. The maximum Gasteiger partial charge on any atom is 0.200 e. The van der Waals surface area contributed by atoms with E-state index in [1.54, 1.807) is 0 Å². The van der Waals surface area contributed by atoms with Crippen LogP contribution in [-0.2, 0) is 0 Å². The summed E-state index contributed by atoms with van der Waals surface area (Å²) in [6.07, 6.45) is -0.807. The molecule has 0 aromatic heterocycles. The lowest BCUT2D eigenvalue weighted by molar-refractivity contribution is 0.164. The first kappa shape index (κ1) is 10.6. The highest BCUT2D eigenvalue weighted by Crippen LogP contribution is 2.37. The molecule has 0 aliphatic heterocycles. The fraction of sp³-hybridized carbons (Fsp3) is 0.333. The molecule has 1 rings (SSSR count). The molecule has 0 spiro atoms. The third-order valence-corrected chi connectivity index (χ3v) is 2.00. The second-order valence-corrected chi connectivity index (χ2v) is 3.17. The smallest absolute Gasteiger partial charge is 0.200 e. The van der Waals surface area contributed by atoms with Crippen LogP contribution < -0.4 is 5.73 Å². The largest absolute Gasteiger partial charge is 0.504 e. The van der Waals surface area contributed by atoms with Gasteiger partial charge in [0.15, 0.2) is 17.2 Å². The highest BCUT2D eigenvalue weighted by molar-refractivity contribution is 5.51. The molecule has 0 unspecified atom stereocenters. The van der Waals surface area contributed by atoms with Crippen LogP contribution in [0.3, 0.4) is 0 Å². The van der Waals surface area contributed by atoms with Crippen LogP contribution in [0.15, 0.2) is 12.1 Å². The number of aliphatic hydroxyl groups is 1. The summed E-state index contributed by atoms with van der Waals surface area (Å²) in [4.78, 5) is 0. The topological polar surface area (TPSA) is 107 Å². The fourth-order valence-corrected chi connectivity index (χ4v) is 1.10. The zero-order valence-electron chi connectivity index (χ0n) is 7.68. The molecule has 5 nitrogen and oxygen atoms in total. The molecule has 0 saturated heterocycles. The van der Waals surface area contributed by atoms with E-state index < -0.39 is 29.4 Å². The molecule has 1 aromatic rings. The molecule has 0 bridgehead atoms. The van der Waals surface area contributed by atoms with Gasteiger partial charge in [-0.1, -0.05) is 0 Å². The van der Waals surface area contributed by atoms with Gasteiger partial charge in [-0.15, -0.1) is 0 Å². The lowest BCUT2D eigenvalue weighted by Gasteiger charge is -2.15. The Bertz CT molecular complexity index is 315. The van der Waals surface area contributed by atoms with Crippen molar-refractivity contribution in [1.29, 1.82) is 0 Å². The van der Waals surface area contributed by atoms with Gasteiger partial charge in [-0.25, -0.2) is 0 Å². The van der Waals surface area contributed by atoms with Crippen molar-refractivity contribution < 1.29 is 20.4 Å². The number of nitrogens with two attached hydrogens (primary N) is 1. The maximum absolute atomic E-state index is 9.17. The molecule has 6 N–H and O–H groups in total. The van der Waals surface area contributed by atoms with Crippen LogP contribution in [-0.4, -0.2) is 26.5 Å². The minimum Gasteiger partial charge on any atom is -0.504 e. The molecule has 14 heavy (non-hydrogen) atoms. The van der Waals surface area contributed by atoms with Crippen LogP contribution in [0.2, 0.25) is 0 Å². The SMILES string of the molecule is C[C@@H](O)[C@@H](N)c1cc(O)c(O)c(O)c1. The van der Waals surface area contributed by atoms with Crippen molar-refractivity contribution in [2.75, 3.05) is 0 Å². The molecule has 0 amide bonds. The van der Waals surface area contributed by atoms with E-state index in [9.17, 15) is 5.11 Å². The van der Waals surface area contributed by atoms with Crippen molar-refractivity contribution >= 4 is 0 Å². The number of benzene rings is 1. The van der Waals surface area contributed by atoms with Crippen molar-refractivity contribution in [3.63, 3.8) is 0 Å². The summed E-state index contributed by atoms with van der Waals surface area (Å²) in [6, 6.07) is 1.69. The minimum atomic E-state index is -0.807. The number of hydrogen-bond donors (Lipinski definition) is 5. The molecule has 5 heteroatoms. The fourth-order valence-electron chi connectivity index (χ4n) is 1.10. The van der Waals surface area contributed by atoms with Crippen molar-refractivity contribution in [2.24, 2.45) is 5.73 Å². The first-order valence-corrected chi connectivity index (χ1v) is 4.12. The first-order chi connectivity index (χ1) is 6.43. The first-order valence-electron chi connectivity index (χ1n) is 4.12. The Morgan fingerprint density at radius 1 is 1.14 bits per heavy atom. The van der Waals surface area contributed by atoms with Crippen LogP contribution in [0.4, 0.5) is 0 Å². The Labute approximate surface area is 81.0 Å². The summed E-state index contributed by atoms with van der Waals surface area (Å²) < 4.78 is 0. The normalized spacial score (nSPS) is 15.1. The number of phenols is 3. The molecular weight excluding hydrogens is 186 g/mol. The summed E-state index contributed by atoms with van der Waals surface area (Å²) >= 11 is 0. The van der Waals surface area contributed by atoms with Gasteiger partial charge in [-0.05, 0) is 24.6 Å². The number of aliphatic hydroxyl groups excluding tert-OH is 1. The molecule has 0 aliphatic rings. The Morgan fingerprint density at radius 3 is 1.93 bits per heavy atom. The summed E-state index contributed by atoms with van der Waals surface area (Å²) in [5.41, 5.74) is 5.93. The zero-order chi connectivity index (χ0) is 10.9. The predicted molar refractivity (Wildman–Crippen MR) is 50.0 cm³/mol. The molecule has 0 radical (unpaired) electrons. The number of phenolic OH excluding ortho intramolecular Hbond substituents is 3. The van der Waals surface area contributed by atoms with E-state index >= 15 is 0 Å². The van der Waals surface area contributed by atoms with Crippen LogP contribution >= 0.6 is 0 Å². The van der Waals surface area contributed by atoms with E-state index in [2.05, 4.69) is 0 Å². The van der Waals surface area contributed by atoms with Crippen LogP contribution in [0.25, 0.3) is 0 Å². The average Bonchev–Trinajstić information content (AvgIpc) is 2.12. The third-order valence-electron chi connectivity index (χ3n) is 2.00. The van der Waals surface area contributed by atoms with Crippen LogP contribution in [0.5, 0.6) is 17.2 Å². The zero-order valence-corrected chi connectivity index (χ0v) is 7.68. The number of hydrogen-bond acceptors (Lipinski definition) is 5. The molecular formula is C9H13NO4. The third kappa shape index (κ3) is 1.89. The molecule has 0 saturated carbocycles. The second kappa shape index (κ2) is 3.73. The highest BCUT2D eigenvalue weighted by Gasteiger charge is 2.16. The summed E-state index contributed by atoms with van der Waals surface area (Å²) in [5.74, 6) is -1.52. The molecule has 0 aliphatic carbocycles. The van der Waals surface area contributed by atoms with Gasteiger partial charge in [0.1, 0.15) is 0 Å². The van der Waals surface area contributed by atoms with Crippen LogP contribution in [0, 0.1) is 0 Å². The Kier molecular flexibility index (Phi) is 2.83. The molecule has 0 heterocycles. The van der Waals surface area contributed by atoms with E-state index in [-0.39, 0.29) is 0 Å². The van der Waals surface area contributed by atoms with E-state index in [1.807, 2.05) is 0 Å². The van der Waals surface area contributed by atoms with Gasteiger partial charge in [-0.2, -0.15) is 0 Å². The quantitative estimate of drug-likeness (QED) is 0.437. The van der Waals surface area contributed by atoms with Gasteiger partial charge in [0.25, 0.3) is 0 Å². The lowest BCUT2D eigenvalue weighted by atomic mass is 10.0. The second-order valence-electron chi connectivity index (χ2n) is 3.17. The summed E-state index contributed by atoms with van der Waals surface area (Å²) in [6.45, 7) is 1.49. The van der Waals surface area contributed by atoms with E-state index in [0.717, 1.165) is 0 Å². The molecule has 78 valence electrons. The van der Waals surface area contributed by atoms with Crippen molar-refractivity contribution in [1.82, 2.24) is 0 Å². The number of aromatic hydroxyl groups is 3. The molecule has 2 atom stereocenters. The van der Waals surface area contributed by atoms with Crippen molar-refractivity contribution in [2.45, 2.75) is 19.1 Å². The van der Waals surface area contributed by atoms with Gasteiger partial charge in [-0.3, -0.25) is 0 Å². The Hall–Kier alpha value is -1.46. The summed E-state index contributed by atoms with van der Waals surface area (Å²) in [7, 11) is 0. The van der Waals surface area contributed by atoms with Gasteiger partial charge < -0.3 is 26.2 Å². The van der Waals surface area contributed by atoms with Gasteiger partial charge in [0.05, 0.1) is 12.1 Å². The van der Waals surface area contributed by atoms with E-state index in [0.29, 0.717) is 5.56 Å². The van der Waals surface area contributed by atoms with Gasteiger partial charge in [0, 0.05) is 0 Å². The van der Waals surface area contributed by atoms with E-state index in [4.69, 9.17) is 21.1 Å². The summed E-state index contributed by atoms with van der Waals surface area (Å²) in [5, 5.41) is 36.6. The van der Waals surface area contributed by atoms with Gasteiger partial charge >= 0.3 is 0 Å².